The van der Waals surface area contributed by atoms with Gasteiger partial charge in [-0.05, 0) is 41.9 Å². The van der Waals surface area contributed by atoms with Gasteiger partial charge in [0.1, 0.15) is 11.4 Å². The summed E-state index contributed by atoms with van der Waals surface area (Å²) in [6.45, 7) is 9.68. The third kappa shape index (κ3) is 3.65. The van der Waals surface area contributed by atoms with Gasteiger partial charge in [-0.3, -0.25) is 0 Å². The molecule has 0 spiro atoms. The summed E-state index contributed by atoms with van der Waals surface area (Å²) in [5.41, 5.74) is 2.29. The second kappa shape index (κ2) is 6.14. The lowest BCUT2D eigenvalue weighted by Gasteiger charge is -2.26. The fraction of sp³-hybridized carbons (Fsp3) is 0.250. The van der Waals surface area contributed by atoms with Gasteiger partial charge in [0.25, 0.3) is 0 Å². The third-order valence-corrected chi connectivity index (χ3v) is 3.39. The summed E-state index contributed by atoms with van der Waals surface area (Å²) in [7, 11) is 0. The van der Waals surface area contributed by atoms with Crippen molar-refractivity contribution in [2.75, 3.05) is 0 Å². The van der Waals surface area contributed by atoms with Crippen molar-refractivity contribution in [3.05, 3.63) is 70.8 Å². The van der Waals surface area contributed by atoms with Gasteiger partial charge in [-0.25, -0.2) is 0 Å². The second-order valence-corrected chi connectivity index (χ2v) is 4.91. The minimum atomic E-state index is -0.195. The van der Waals surface area contributed by atoms with Crippen LogP contribution < -0.4 is 0 Å². The molecule has 0 bridgehead atoms. The first kappa shape index (κ1) is 14.9. The summed E-state index contributed by atoms with van der Waals surface area (Å²) < 4.78 is 0. The van der Waals surface area contributed by atoms with Gasteiger partial charge in [-0.1, -0.05) is 44.2 Å². The van der Waals surface area contributed by atoms with Crippen molar-refractivity contribution in [2.45, 2.75) is 26.2 Å². The van der Waals surface area contributed by atoms with E-state index in [4.69, 9.17) is 0 Å². The molecular weight excluding hydrogens is 238 g/mol. The molecule has 100 valence electrons. The molecule has 3 heteroatoms. The van der Waals surface area contributed by atoms with E-state index in [1.807, 2.05) is 25.1 Å². The Kier molecular flexibility index (Phi) is 4.81. The Morgan fingerprint density at radius 2 is 1.84 bits per heavy atom. The monoisotopic (exact) mass is 257 g/mol. The maximum absolute atomic E-state index is 10.5. The first-order chi connectivity index (χ1) is 8.91. The van der Waals surface area contributed by atoms with Crippen molar-refractivity contribution in [1.29, 1.82) is 0 Å². The maximum atomic E-state index is 10.5. The van der Waals surface area contributed by atoms with Gasteiger partial charge < -0.3 is 5.11 Å². The molecule has 19 heavy (non-hydrogen) atoms. The summed E-state index contributed by atoms with van der Waals surface area (Å²) in [5.74, 6) is 0.250. The molecule has 0 saturated carbocycles. The van der Waals surface area contributed by atoms with E-state index >= 15 is 0 Å². The Morgan fingerprint density at radius 1 is 1.26 bits per heavy atom. The minimum absolute atomic E-state index is 0.195. The second-order valence-electron chi connectivity index (χ2n) is 4.91. The normalized spacial score (nSPS) is 13.2. The van der Waals surface area contributed by atoms with Crippen LogP contribution in [0.4, 0.5) is 0 Å². The van der Waals surface area contributed by atoms with Gasteiger partial charge in [0, 0.05) is 5.41 Å². The summed E-state index contributed by atoms with van der Waals surface area (Å²) in [6.07, 6.45) is 4.94. The number of benzene rings is 1. The highest BCUT2D eigenvalue weighted by molar-refractivity contribution is 5.38. The van der Waals surface area contributed by atoms with E-state index < -0.39 is 0 Å². The van der Waals surface area contributed by atoms with Crippen molar-refractivity contribution in [3.63, 3.8) is 0 Å². The van der Waals surface area contributed by atoms with E-state index in [2.05, 4.69) is 25.6 Å². The number of allylic oxidation sites excluding steroid dienone is 4. The molecule has 1 aromatic carbocycles. The molecule has 0 aromatic heterocycles. The molecule has 3 nitrogen and oxygen atoms in total. The number of aromatic hydroxyl groups is 1. The van der Waals surface area contributed by atoms with E-state index in [9.17, 15) is 10.0 Å². The molecule has 0 aliphatic carbocycles. The molecule has 0 amide bonds. The lowest BCUT2D eigenvalue weighted by Crippen LogP contribution is -2.18. The summed E-state index contributed by atoms with van der Waals surface area (Å²) in [4.78, 5) is 10.5. The Hall–Kier alpha value is -2.16. The van der Waals surface area contributed by atoms with E-state index in [1.165, 1.54) is 6.08 Å². The quantitative estimate of drug-likeness (QED) is 0.625. The van der Waals surface area contributed by atoms with E-state index in [0.717, 1.165) is 11.1 Å². The molecule has 0 aliphatic heterocycles. The highest BCUT2D eigenvalue weighted by Gasteiger charge is 2.22. The average Bonchev–Trinajstić information content (AvgIpc) is 2.40. The van der Waals surface area contributed by atoms with Crippen LogP contribution in [0, 0.1) is 4.91 Å². The molecular formula is C16H19NO2. The Balaban J connectivity index is 3.08. The van der Waals surface area contributed by atoms with Crippen LogP contribution >= 0.6 is 0 Å². The molecule has 0 heterocycles. The largest absolute Gasteiger partial charge is 0.508 e. The van der Waals surface area contributed by atoms with E-state index in [0.29, 0.717) is 5.70 Å². The molecule has 0 atom stereocenters. The van der Waals surface area contributed by atoms with Crippen LogP contribution in [0.5, 0.6) is 5.75 Å². The SMILES string of the molecule is C=C/C(=C\C=C(/C)C(C)(C)c1ccc(O)cc1)N=O. The Morgan fingerprint density at radius 3 is 2.32 bits per heavy atom. The number of hydrogen-bond donors (Lipinski definition) is 1. The van der Waals surface area contributed by atoms with Crippen molar-refractivity contribution < 1.29 is 5.11 Å². The maximum Gasteiger partial charge on any atom is 0.115 e. The van der Waals surface area contributed by atoms with Crippen LogP contribution in [-0.2, 0) is 5.41 Å². The lowest BCUT2D eigenvalue weighted by atomic mass is 9.78. The first-order valence-electron chi connectivity index (χ1n) is 6.06. The van der Waals surface area contributed by atoms with Crippen LogP contribution in [0.15, 0.2) is 65.5 Å². The minimum Gasteiger partial charge on any atom is -0.508 e. The average molecular weight is 257 g/mol. The first-order valence-corrected chi connectivity index (χ1v) is 6.06. The van der Waals surface area contributed by atoms with Gasteiger partial charge in [-0.15, -0.1) is 4.91 Å². The number of nitrogens with zero attached hydrogens (tertiary/aromatic N) is 1. The molecule has 0 radical (unpaired) electrons. The Labute approximate surface area is 114 Å². The zero-order valence-electron chi connectivity index (χ0n) is 11.6. The molecule has 1 rings (SSSR count). The van der Waals surface area contributed by atoms with E-state index in [1.54, 1.807) is 18.2 Å². The standard InChI is InChI=1S/C16H19NO2/c1-5-14(17-19)9-6-12(2)16(3,4)13-7-10-15(18)11-8-13/h5-11,18H,1H2,2-4H3/b12-6+,14-9+. The number of phenolic OH excluding ortho intramolecular Hbond substituents is 1. The molecule has 0 saturated heterocycles. The lowest BCUT2D eigenvalue weighted by molar-refractivity contribution is 0.474. The van der Waals surface area contributed by atoms with Crippen LogP contribution in [0.1, 0.15) is 26.3 Å². The molecule has 0 aliphatic rings. The number of nitroso groups, excluding NO2 is 1. The van der Waals surface area contributed by atoms with Crippen molar-refractivity contribution in [3.8, 4) is 5.75 Å². The summed E-state index contributed by atoms with van der Waals surface area (Å²) >= 11 is 0. The number of rotatable bonds is 5. The van der Waals surface area contributed by atoms with Gasteiger partial charge in [-0.2, -0.15) is 0 Å². The van der Waals surface area contributed by atoms with Crippen LogP contribution in [-0.4, -0.2) is 5.11 Å². The molecule has 0 unspecified atom stereocenters. The summed E-state index contributed by atoms with van der Waals surface area (Å²) in [5, 5.41) is 12.2. The topological polar surface area (TPSA) is 49.7 Å². The fourth-order valence-corrected chi connectivity index (χ4v) is 1.66. The van der Waals surface area contributed by atoms with Crippen LogP contribution in [0.3, 0.4) is 0 Å². The molecule has 1 aromatic rings. The molecule has 0 fully saturated rings. The van der Waals surface area contributed by atoms with Gasteiger partial charge in [0.05, 0.1) is 0 Å². The van der Waals surface area contributed by atoms with E-state index in [-0.39, 0.29) is 11.2 Å². The third-order valence-electron chi connectivity index (χ3n) is 3.39. The van der Waals surface area contributed by atoms with Crippen LogP contribution in [0.25, 0.3) is 0 Å². The van der Waals surface area contributed by atoms with Crippen LogP contribution in [0.2, 0.25) is 0 Å². The van der Waals surface area contributed by atoms with Crippen molar-refractivity contribution >= 4 is 0 Å². The zero-order chi connectivity index (χ0) is 14.5. The van der Waals surface area contributed by atoms with Gasteiger partial charge in [0.15, 0.2) is 0 Å². The molecule has 1 N–H and O–H groups in total. The zero-order valence-corrected chi connectivity index (χ0v) is 11.6. The smallest absolute Gasteiger partial charge is 0.115 e. The van der Waals surface area contributed by atoms with Gasteiger partial charge >= 0.3 is 0 Å². The fourth-order valence-electron chi connectivity index (χ4n) is 1.66. The van der Waals surface area contributed by atoms with Gasteiger partial charge in [0.2, 0.25) is 0 Å². The predicted octanol–water partition coefficient (Wildman–Crippen LogP) is 4.45. The highest BCUT2D eigenvalue weighted by atomic mass is 16.3. The van der Waals surface area contributed by atoms with Crippen molar-refractivity contribution in [1.82, 2.24) is 0 Å². The van der Waals surface area contributed by atoms with Crippen molar-refractivity contribution in [2.24, 2.45) is 5.18 Å². The highest BCUT2D eigenvalue weighted by Crippen LogP contribution is 2.32. The predicted molar refractivity (Wildman–Crippen MR) is 79.0 cm³/mol. The Bertz CT molecular complexity index is 512. The summed E-state index contributed by atoms with van der Waals surface area (Å²) in [6, 6.07) is 7.12. The number of hydrogen-bond acceptors (Lipinski definition) is 3. The number of phenols is 1.